The molecule has 112 valence electrons. The average molecular weight is 306 g/mol. The molecule has 5 heteroatoms. The molecule has 0 aliphatic heterocycles. The Balaban J connectivity index is 2.20. The van der Waals surface area contributed by atoms with Crippen LogP contribution < -0.4 is 10.1 Å². The number of anilines is 2. The van der Waals surface area contributed by atoms with Gasteiger partial charge < -0.3 is 10.1 Å². The molecule has 2 rings (SSSR count). The zero-order valence-corrected chi connectivity index (χ0v) is 13.5. The Morgan fingerprint density at radius 1 is 1.19 bits per heavy atom. The summed E-state index contributed by atoms with van der Waals surface area (Å²) in [6.45, 7) is 7.92. The minimum Gasteiger partial charge on any atom is -0.491 e. The van der Waals surface area contributed by atoms with E-state index in [1.165, 1.54) is 0 Å². The number of benzene rings is 1. The molecule has 0 amide bonds. The van der Waals surface area contributed by atoms with Crippen LogP contribution in [-0.2, 0) is 6.42 Å². The van der Waals surface area contributed by atoms with Crippen molar-refractivity contribution in [2.75, 3.05) is 5.32 Å². The van der Waals surface area contributed by atoms with Crippen LogP contribution in [0.3, 0.4) is 0 Å². The van der Waals surface area contributed by atoms with E-state index >= 15 is 0 Å². The van der Waals surface area contributed by atoms with Gasteiger partial charge in [-0.15, -0.1) is 0 Å². The van der Waals surface area contributed by atoms with Crippen LogP contribution >= 0.6 is 11.6 Å². The number of nitrogens with one attached hydrogen (secondary N) is 1. The smallest absolute Gasteiger partial charge is 0.138 e. The van der Waals surface area contributed by atoms with E-state index in [9.17, 15) is 0 Å². The maximum atomic E-state index is 6.14. The van der Waals surface area contributed by atoms with Crippen LogP contribution in [0.1, 0.15) is 32.2 Å². The van der Waals surface area contributed by atoms with Crippen molar-refractivity contribution in [3.05, 3.63) is 40.8 Å². The first-order valence-electron chi connectivity index (χ1n) is 7.06. The predicted octanol–water partition coefficient (Wildman–Crippen LogP) is 4.53. The Morgan fingerprint density at radius 2 is 1.86 bits per heavy atom. The summed E-state index contributed by atoms with van der Waals surface area (Å²) in [5.41, 5.74) is 1.78. The van der Waals surface area contributed by atoms with Crippen molar-refractivity contribution >= 4 is 23.1 Å². The number of ether oxygens (including phenoxy) is 1. The maximum absolute atomic E-state index is 6.14. The van der Waals surface area contributed by atoms with Gasteiger partial charge in [0.2, 0.25) is 0 Å². The highest BCUT2D eigenvalue weighted by molar-refractivity contribution is 6.30. The van der Waals surface area contributed by atoms with Crippen molar-refractivity contribution in [2.24, 2.45) is 0 Å². The highest BCUT2D eigenvalue weighted by atomic mass is 35.5. The van der Waals surface area contributed by atoms with Crippen LogP contribution in [0.4, 0.5) is 11.5 Å². The Kier molecular flexibility index (Phi) is 5.02. The van der Waals surface area contributed by atoms with Gasteiger partial charge in [-0.3, -0.25) is 0 Å². The van der Waals surface area contributed by atoms with Crippen molar-refractivity contribution in [2.45, 2.75) is 40.2 Å². The minimum absolute atomic E-state index is 0.166. The van der Waals surface area contributed by atoms with Crippen LogP contribution in [0.5, 0.6) is 5.75 Å². The number of halogens is 1. The normalized spacial score (nSPS) is 10.8. The highest BCUT2D eigenvalue weighted by Gasteiger charge is 2.09. The third kappa shape index (κ3) is 4.08. The molecular formula is C16H20ClN3O. The number of aromatic nitrogens is 2. The van der Waals surface area contributed by atoms with Gasteiger partial charge in [0, 0.05) is 17.7 Å². The van der Waals surface area contributed by atoms with E-state index in [1.54, 1.807) is 0 Å². The van der Waals surface area contributed by atoms with Crippen molar-refractivity contribution < 1.29 is 4.74 Å². The summed E-state index contributed by atoms with van der Waals surface area (Å²) in [6.07, 6.45) is 0.911. The van der Waals surface area contributed by atoms with Crippen molar-refractivity contribution in [1.82, 2.24) is 9.97 Å². The Morgan fingerprint density at radius 3 is 2.43 bits per heavy atom. The van der Waals surface area contributed by atoms with Gasteiger partial charge in [-0.25, -0.2) is 9.97 Å². The third-order valence-electron chi connectivity index (χ3n) is 2.94. The second kappa shape index (κ2) is 6.76. The molecule has 0 unspecified atom stereocenters. The van der Waals surface area contributed by atoms with Gasteiger partial charge in [0.05, 0.1) is 6.10 Å². The molecule has 0 fully saturated rings. The fourth-order valence-electron chi connectivity index (χ4n) is 1.84. The quantitative estimate of drug-likeness (QED) is 0.824. The van der Waals surface area contributed by atoms with E-state index in [-0.39, 0.29) is 6.10 Å². The van der Waals surface area contributed by atoms with Gasteiger partial charge >= 0.3 is 0 Å². The lowest BCUT2D eigenvalue weighted by molar-refractivity contribution is 0.242. The van der Waals surface area contributed by atoms with E-state index in [0.717, 1.165) is 35.1 Å². The maximum Gasteiger partial charge on any atom is 0.138 e. The molecule has 0 spiro atoms. The molecule has 0 aliphatic carbocycles. The molecule has 4 nitrogen and oxygen atoms in total. The summed E-state index contributed by atoms with van der Waals surface area (Å²) >= 11 is 6.14. The number of aryl methyl sites for hydroxylation is 1. The average Bonchev–Trinajstić information content (AvgIpc) is 2.45. The summed E-state index contributed by atoms with van der Waals surface area (Å²) in [5, 5.41) is 3.77. The molecular weight excluding hydrogens is 286 g/mol. The van der Waals surface area contributed by atoms with E-state index in [1.807, 2.05) is 52.0 Å². The molecule has 1 N–H and O–H groups in total. The van der Waals surface area contributed by atoms with Crippen molar-refractivity contribution in [3.63, 3.8) is 0 Å². The molecule has 0 bridgehead atoms. The first-order chi connectivity index (χ1) is 9.99. The summed E-state index contributed by atoms with van der Waals surface area (Å²) in [7, 11) is 0. The lowest BCUT2D eigenvalue weighted by atomic mass is 10.2. The fourth-order valence-corrected chi connectivity index (χ4v) is 2.03. The highest BCUT2D eigenvalue weighted by Crippen LogP contribution is 2.25. The Hall–Kier alpha value is -1.81. The van der Waals surface area contributed by atoms with Gasteiger partial charge in [0.25, 0.3) is 0 Å². The lowest BCUT2D eigenvalue weighted by Gasteiger charge is -2.13. The van der Waals surface area contributed by atoms with Gasteiger partial charge in [0.1, 0.15) is 22.5 Å². The number of nitrogens with zero attached hydrogens (tertiary/aromatic N) is 2. The number of hydrogen-bond donors (Lipinski definition) is 1. The molecule has 1 aromatic carbocycles. The van der Waals surface area contributed by atoms with E-state index in [2.05, 4.69) is 15.3 Å². The lowest BCUT2D eigenvalue weighted by Crippen LogP contribution is -2.05. The standard InChI is InChI=1S/C16H20ClN3O/c1-5-14-19-15(17)11(4)16(20-14)18-12-6-8-13(9-7-12)21-10(2)3/h6-10H,5H2,1-4H3,(H,18,19,20). The molecule has 0 aliphatic rings. The van der Waals surface area contributed by atoms with Crippen LogP contribution in [0.15, 0.2) is 24.3 Å². The van der Waals surface area contributed by atoms with Crippen molar-refractivity contribution in [3.8, 4) is 5.75 Å². The molecule has 0 atom stereocenters. The van der Waals surface area contributed by atoms with Crippen molar-refractivity contribution in [1.29, 1.82) is 0 Å². The SMILES string of the molecule is CCc1nc(Cl)c(C)c(Nc2ccc(OC(C)C)cc2)n1. The van der Waals surface area contributed by atoms with E-state index in [4.69, 9.17) is 16.3 Å². The molecule has 0 saturated heterocycles. The summed E-state index contributed by atoms with van der Waals surface area (Å²) in [4.78, 5) is 8.71. The van der Waals surface area contributed by atoms with Crippen LogP contribution in [0, 0.1) is 6.92 Å². The molecule has 1 aromatic heterocycles. The zero-order valence-electron chi connectivity index (χ0n) is 12.8. The largest absolute Gasteiger partial charge is 0.491 e. The molecule has 1 heterocycles. The zero-order chi connectivity index (χ0) is 15.4. The molecule has 21 heavy (non-hydrogen) atoms. The van der Waals surface area contributed by atoms with Gasteiger partial charge in [-0.2, -0.15) is 0 Å². The Bertz CT molecular complexity index is 612. The second-order valence-corrected chi connectivity index (χ2v) is 5.43. The summed E-state index contributed by atoms with van der Waals surface area (Å²) in [5.74, 6) is 2.32. The van der Waals surface area contributed by atoms with Gasteiger partial charge in [-0.1, -0.05) is 18.5 Å². The van der Waals surface area contributed by atoms with E-state index < -0.39 is 0 Å². The molecule has 0 radical (unpaired) electrons. The fraction of sp³-hybridized carbons (Fsp3) is 0.375. The monoisotopic (exact) mass is 305 g/mol. The van der Waals surface area contributed by atoms with Crippen LogP contribution in [-0.4, -0.2) is 16.1 Å². The first kappa shape index (κ1) is 15.6. The van der Waals surface area contributed by atoms with E-state index in [0.29, 0.717) is 5.15 Å². The van der Waals surface area contributed by atoms with Crippen LogP contribution in [0.2, 0.25) is 5.15 Å². The second-order valence-electron chi connectivity index (χ2n) is 5.07. The first-order valence-corrected chi connectivity index (χ1v) is 7.44. The van der Waals surface area contributed by atoms with Gasteiger partial charge in [0.15, 0.2) is 0 Å². The molecule has 0 saturated carbocycles. The topological polar surface area (TPSA) is 47.0 Å². The predicted molar refractivity (Wildman–Crippen MR) is 86.6 cm³/mol. The minimum atomic E-state index is 0.166. The summed E-state index contributed by atoms with van der Waals surface area (Å²) in [6, 6.07) is 7.78. The number of hydrogen-bond acceptors (Lipinski definition) is 4. The van der Waals surface area contributed by atoms with Crippen LogP contribution in [0.25, 0.3) is 0 Å². The Labute approximate surface area is 130 Å². The summed E-state index contributed by atoms with van der Waals surface area (Å²) < 4.78 is 5.62. The molecule has 2 aromatic rings. The van der Waals surface area contributed by atoms with Gasteiger partial charge in [-0.05, 0) is 45.0 Å². The number of rotatable bonds is 5. The third-order valence-corrected chi connectivity index (χ3v) is 3.31.